The van der Waals surface area contributed by atoms with Crippen molar-refractivity contribution in [1.82, 2.24) is 0 Å². The van der Waals surface area contributed by atoms with Crippen LogP contribution >= 0.6 is 0 Å². The van der Waals surface area contributed by atoms with Crippen LogP contribution in [0.5, 0.6) is 0 Å². The molecule has 0 aliphatic heterocycles. The molecular formula is C13H18F3NO. The lowest BCUT2D eigenvalue weighted by Gasteiger charge is -2.10. The summed E-state index contributed by atoms with van der Waals surface area (Å²) in [5.74, 6) is 0. The molecule has 18 heavy (non-hydrogen) atoms. The lowest BCUT2D eigenvalue weighted by atomic mass is 10.1. The van der Waals surface area contributed by atoms with E-state index < -0.39 is 12.8 Å². The second-order valence-corrected chi connectivity index (χ2v) is 4.25. The van der Waals surface area contributed by atoms with Crippen molar-refractivity contribution in [1.29, 1.82) is 0 Å². The van der Waals surface area contributed by atoms with Crippen molar-refractivity contribution < 1.29 is 17.9 Å². The van der Waals surface area contributed by atoms with Crippen LogP contribution in [0.15, 0.2) is 18.2 Å². The van der Waals surface area contributed by atoms with Gasteiger partial charge in [0.05, 0.1) is 0 Å². The van der Waals surface area contributed by atoms with Crippen LogP contribution in [0.25, 0.3) is 0 Å². The zero-order chi connectivity index (χ0) is 13.6. The molecule has 0 bridgehead atoms. The predicted molar refractivity (Wildman–Crippen MR) is 65.9 cm³/mol. The van der Waals surface area contributed by atoms with Crippen LogP contribution in [-0.4, -0.2) is 25.9 Å². The Kier molecular flexibility index (Phi) is 5.47. The molecule has 0 fully saturated rings. The van der Waals surface area contributed by atoms with Gasteiger partial charge in [0, 0.05) is 18.8 Å². The van der Waals surface area contributed by atoms with Gasteiger partial charge in [-0.05, 0) is 43.5 Å². The van der Waals surface area contributed by atoms with Gasteiger partial charge in [-0.2, -0.15) is 13.2 Å². The van der Waals surface area contributed by atoms with E-state index >= 15 is 0 Å². The molecule has 0 spiro atoms. The van der Waals surface area contributed by atoms with Gasteiger partial charge < -0.3 is 10.1 Å². The van der Waals surface area contributed by atoms with Crippen molar-refractivity contribution in [2.24, 2.45) is 0 Å². The maximum absolute atomic E-state index is 11.8. The first-order valence-corrected chi connectivity index (χ1v) is 5.84. The van der Waals surface area contributed by atoms with Crippen molar-refractivity contribution in [3.8, 4) is 0 Å². The highest BCUT2D eigenvalue weighted by Crippen LogP contribution is 2.15. The van der Waals surface area contributed by atoms with E-state index in [0.29, 0.717) is 13.0 Å². The van der Waals surface area contributed by atoms with Gasteiger partial charge in [-0.1, -0.05) is 6.07 Å². The molecule has 2 nitrogen and oxygen atoms in total. The van der Waals surface area contributed by atoms with E-state index in [-0.39, 0.29) is 6.61 Å². The fourth-order valence-electron chi connectivity index (χ4n) is 1.45. The molecule has 0 unspecified atom stereocenters. The third-order valence-corrected chi connectivity index (χ3v) is 2.57. The number of anilines is 1. The molecular weight excluding hydrogens is 243 g/mol. The first-order chi connectivity index (χ1) is 8.38. The van der Waals surface area contributed by atoms with E-state index in [1.165, 1.54) is 11.1 Å². The van der Waals surface area contributed by atoms with Crippen molar-refractivity contribution >= 4 is 5.69 Å². The molecule has 102 valence electrons. The lowest BCUT2D eigenvalue weighted by Crippen LogP contribution is -2.18. The molecule has 0 aromatic heterocycles. The van der Waals surface area contributed by atoms with Crippen LogP contribution in [0.3, 0.4) is 0 Å². The highest BCUT2D eigenvalue weighted by atomic mass is 19.4. The Labute approximate surface area is 105 Å². The minimum Gasteiger partial charge on any atom is -0.385 e. The van der Waals surface area contributed by atoms with Gasteiger partial charge in [0.2, 0.25) is 0 Å². The topological polar surface area (TPSA) is 21.3 Å². The normalized spacial score (nSPS) is 11.6. The Morgan fingerprint density at radius 1 is 1.17 bits per heavy atom. The van der Waals surface area contributed by atoms with E-state index in [4.69, 9.17) is 0 Å². The molecule has 1 aromatic rings. The number of alkyl halides is 3. The molecule has 0 heterocycles. The number of nitrogens with one attached hydrogen (secondary N) is 1. The van der Waals surface area contributed by atoms with Crippen LogP contribution in [0.1, 0.15) is 17.5 Å². The predicted octanol–water partition coefficient (Wildman–Crippen LogP) is 3.68. The van der Waals surface area contributed by atoms with Gasteiger partial charge >= 0.3 is 6.18 Å². The number of aryl methyl sites for hydroxylation is 2. The Balaban J connectivity index is 2.16. The highest BCUT2D eigenvalue weighted by molar-refractivity contribution is 5.47. The molecule has 1 aromatic carbocycles. The van der Waals surface area contributed by atoms with E-state index in [2.05, 4.69) is 10.1 Å². The quantitative estimate of drug-likeness (QED) is 0.789. The SMILES string of the molecule is Cc1ccc(NCCCOCC(F)(F)F)cc1C. The summed E-state index contributed by atoms with van der Waals surface area (Å²) in [5, 5.41) is 3.15. The first kappa shape index (κ1) is 14.8. The lowest BCUT2D eigenvalue weighted by molar-refractivity contribution is -0.173. The van der Waals surface area contributed by atoms with Crippen molar-refractivity contribution in [3.63, 3.8) is 0 Å². The summed E-state index contributed by atoms with van der Waals surface area (Å²) in [6.45, 7) is 3.59. The minimum atomic E-state index is -4.23. The maximum atomic E-state index is 11.8. The summed E-state index contributed by atoms with van der Waals surface area (Å²) in [6.07, 6.45) is -3.69. The summed E-state index contributed by atoms with van der Waals surface area (Å²) in [4.78, 5) is 0. The minimum absolute atomic E-state index is 0.108. The largest absolute Gasteiger partial charge is 0.411 e. The molecule has 0 saturated carbocycles. The van der Waals surface area contributed by atoms with Gasteiger partial charge in [0.25, 0.3) is 0 Å². The summed E-state index contributed by atoms with van der Waals surface area (Å²) in [5.41, 5.74) is 3.39. The molecule has 1 N–H and O–H groups in total. The number of hydrogen-bond donors (Lipinski definition) is 1. The zero-order valence-electron chi connectivity index (χ0n) is 10.6. The molecule has 0 radical (unpaired) electrons. The highest BCUT2D eigenvalue weighted by Gasteiger charge is 2.27. The number of rotatable bonds is 6. The van der Waals surface area contributed by atoms with Crippen LogP contribution in [0.4, 0.5) is 18.9 Å². The van der Waals surface area contributed by atoms with Gasteiger partial charge in [-0.15, -0.1) is 0 Å². The third kappa shape index (κ3) is 5.91. The number of ether oxygens (including phenoxy) is 1. The molecule has 0 saturated heterocycles. The maximum Gasteiger partial charge on any atom is 0.411 e. The van der Waals surface area contributed by atoms with Gasteiger partial charge in [0.1, 0.15) is 6.61 Å². The zero-order valence-corrected chi connectivity index (χ0v) is 10.6. The fraction of sp³-hybridized carbons (Fsp3) is 0.538. The fourth-order valence-corrected chi connectivity index (χ4v) is 1.45. The second kappa shape index (κ2) is 6.64. The van der Waals surface area contributed by atoms with Gasteiger partial charge in [-0.3, -0.25) is 0 Å². The van der Waals surface area contributed by atoms with Crippen LogP contribution < -0.4 is 5.32 Å². The van der Waals surface area contributed by atoms with Crippen LogP contribution in [-0.2, 0) is 4.74 Å². The molecule has 5 heteroatoms. The monoisotopic (exact) mass is 261 g/mol. The van der Waals surface area contributed by atoms with Gasteiger partial charge in [-0.25, -0.2) is 0 Å². The van der Waals surface area contributed by atoms with E-state index in [1.54, 1.807) is 0 Å². The molecule has 0 amide bonds. The van der Waals surface area contributed by atoms with E-state index in [0.717, 1.165) is 5.69 Å². The molecule has 0 aliphatic carbocycles. The van der Waals surface area contributed by atoms with E-state index in [9.17, 15) is 13.2 Å². The average Bonchev–Trinajstić information content (AvgIpc) is 2.26. The number of benzene rings is 1. The smallest absolute Gasteiger partial charge is 0.385 e. The summed E-state index contributed by atoms with van der Waals surface area (Å²) >= 11 is 0. The Morgan fingerprint density at radius 2 is 1.89 bits per heavy atom. The molecule has 0 atom stereocenters. The summed E-state index contributed by atoms with van der Waals surface area (Å²) in [6, 6.07) is 5.99. The Hall–Kier alpha value is -1.23. The molecule has 0 aliphatic rings. The van der Waals surface area contributed by atoms with Crippen LogP contribution in [0.2, 0.25) is 0 Å². The van der Waals surface area contributed by atoms with Crippen molar-refractivity contribution in [3.05, 3.63) is 29.3 Å². The Bertz CT molecular complexity index is 377. The molecule has 1 rings (SSSR count). The van der Waals surface area contributed by atoms with E-state index in [1.807, 2.05) is 32.0 Å². The second-order valence-electron chi connectivity index (χ2n) is 4.25. The van der Waals surface area contributed by atoms with Gasteiger partial charge in [0.15, 0.2) is 0 Å². The van der Waals surface area contributed by atoms with Crippen molar-refractivity contribution in [2.75, 3.05) is 25.1 Å². The summed E-state index contributed by atoms with van der Waals surface area (Å²) < 4.78 is 39.8. The van der Waals surface area contributed by atoms with Crippen molar-refractivity contribution in [2.45, 2.75) is 26.4 Å². The number of hydrogen-bond acceptors (Lipinski definition) is 2. The third-order valence-electron chi connectivity index (χ3n) is 2.57. The average molecular weight is 261 g/mol. The standard InChI is InChI=1S/C13H18F3NO/c1-10-4-5-12(8-11(10)2)17-6-3-7-18-9-13(14,15)16/h4-5,8,17H,3,6-7,9H2,1-2H3. The number of halogens is 3. The van der Waals surface area contributed by atoms with Crippen LogP contribution in [0, 0.1) is 13.8 Å². The Morgan fingerprint density at radius 3 is 2.50 bits per heavy atom. The summed E-state index contributed by atoms with van der Waals surface area (Å²) in [7, 11) is 0. The first-order valence-electron chi connectivity index (χ1n) is 5.84.